The molecule has 1 fully saturated rings. The van der Waals surface area contributed by atoms with Crippen LogP contribution in [0.25, 0.3) is 0 Å². The van der Waals surface area contributed by atoms with Crippen LogP contribution in [0.3, 0.4) is 0 Å². The number of hydrogen-bond donors (Lipinski definition) is 2. The monoisotopic (exact) mass is 297 g/mol. The van der Waals surface area contributed by atoms with E-state index in [-0.39, 0.29) is 10.9 Å². The summed E-state index contributed by atoms with van der Waals surface area (Å²) in [6.07, 6.45) is 1.92. The van der Waals surface area contributed by atoms with Gasteiger partial charge in [-0.3, -0.25) is 0 Å². The first kappa shape index (κ1) is 15.3. The zero-order valence-electron chi connectivity index (χ0n) is 12.1. The van der Waals surface area contributed by atoms with Gasteiger partial charge in [0.05, 0.1) is 4.90 Å². The number of likely N-dealkylation sites (N-methyl/N-ethyl adjacent to an activating group) is 1. The Morgan fingerprint density at radius 3 is 2.85 bits per heavy atom. The number of sulfonamides is 1. The van der Waals surface area contributed by atoms with Crippen LogP contribution in [0.5, 0.6) is 0 Å². The summed E-state index contributed by atoms with van der Waals surface area (Å²) in [5.74, 6) is 0. The van der Waals surface area contributed by atoms with Gasteiger partial charge >= 0.3 is 0 Å². The Morgan fingerprint density at radius 1 is 1.45 bits per heavy atom. The van der Waals surface area contributed by atoms with Gasteiger partial charge in [0.1, 0.15) is 0 Å². The fourth-order valence-corrected chi connectivity index (χ4v) is 3.89. The van der Waals surface area contributed by atoms with Crippen molar-refractivity contribution in [2.75, 3.05) is 25.4 Å². The minimum Gasteiger partial charge on any atom is -0.399 e. The number of aryl methyl sites for hydroxylation is 1. The lowest BCUT2D eigenvalue weighted by Gasteiger charge is -2.32. The Morgan fingerprint density at radius 2 is 2.20 bits per heavy atom. The summed E-state index contributed by atoms with van der Waals surface area (Å²) in [7, 11) is -3.46. The molecule has 1 aromatic carbocycles. The second-order valence-electron chi connectivity index (χ2n) is 5.37. The van der Waals surface area contributed by atoms with Crippen LogP contribution in [0, 0.1) is 6.92 Å². The molecule has 20 heavy (non-hydrogen) atoms. The summed E-state index contributed by atoms with van der Waals surface area (Å²) < 4.78 is 27.6. The summed E-state index contributed by atoms with van der Waals surface area (Å²) in [6, 6.07) is 4.82. The van der Waals surface area contributed by atoms with Crippen molar-refractivity contribution in [3.63, 3.8) is 0 Å². The molecule has 1 saturated heterocycles. The largest absolute Gasteiger partial charge is 0.399 e. The minimum atomic E-state index is -3.46. The van der Waals surface area contributed by atoms with Crippen molar-refractivity contribution in [2.24, 2.45) is 0 Å². The Bertz CT molecular complexity index is 572. The Hall–Kier alpha value is -1.11. The minimum absolute atomic E-state index is 0.00782. The van der Waals surface area contributed by atoms with Crippen molar-refractivity contribution in [1.82, 2.24) is 9.62 Å². The Labute approximate surface area is 121 Å². The number of nitrogen functional groups attached to an aromatic ring is 1. The highest BCUT2D eigenvalue weighted by Crippen LogP contribution is 2.18. The van der Waals surface area contributed by atoms with Gasteiger partial charge < -0.3 is 10.6 Å². The van der Waals surface area contributed by atoms with Crippen molar-refractivity contribution in [1.29, 1.82) is 0 Å². The lowest BCUT2D eigenvalue weighted by Crippen LogP contribution is -2.47. The van der Waals surface area contributed by atoms with E-state index in [4.69, 9.17) is 5.73 Å². The van der Waals surface area contributed by atoms with Crippen molar-refractivity contribution >= 4 is 15.7 Å². The average Bonchev–Trinajstić information content (AvgIpc) is 2.41. The highest BCUT2D eigenvalue weighted by molar-refractivity contribution is 7.89. The topological polar surface area (TPSA) is 75.4 Å². The van der Waals surface area contributed by atoms with Gasteiger partial charge in [-0.15, -0.1) is 0 Å². The van der Waals surface area contributed by atoms with E-state index in [0.717, 1.165) is 38.0 Å². The molecule has 1 unspecified atom stereocenters. The third kappa shape index (κ3) is 3.50. The first-order valence-corrected chi connectivity index (χ1v) is 8.51. The molecule has 0 saturated carbocycles. The number of piperidine rings is 1. The third-order valence-corrected chi connectivity index (χ3v) is 5.34. The predicted octanol–water partition coefficient (Wildman–Crippen LogP) is 1.34. The first-order chi connectivity index (χ1) is 9.42. The fraction of sp³-hybridized carbons (Fsp3) is 0.571. The number of nitrogens with two attached hydrogens (primary N) is 1. The lowest BCUT2D eigenvalue weighted by atomic mass is 10.1. The second kappa shape index (κ2) is 6.11. The Balaban J connectivity index is 2.12. The van der Waals surface area contributed by atoms with E-state index in [1.807, 2.05) is 6.92 Å². The van der Waals surface area contributed by atoms with E-state index >= 15 is 0 Å². The second-order valence-corrected chi connectivity index (χ2v) is 7.09. The van der Waals surface area contributed by atoms with Gasteiger partial charge in [-0.2, -0.15) is 0 Å². The molecule has 1 aliphatic heterocycles. The van der Waals surface area contributed by atoms with Crippen molar-refractivity contribution in [3.05, 3.63) is 23.8 Å². The number of nitrogens with zero attached hydrogens (tertiary/aromatic N) is 1. The van der Waals surface area contributed by atoms with Crippen LogP contribution in [0.2, 0.25) is 0 Å². The summed E-state index contributed by atoms with van der Waals surface area (Å²) in [5, 5.41) is 0. The molecule has 1 aromatic rings. The molecule has 1 heterocycles. The molecule has 2 rings (SSSR count). The van der Waals surface area contributed by atoms with E-state index < -0.39 is 10.0 Å². The van der Waals surface area contributed by atoms with Crippen molar-refractivity contribution < 1.29 is 8.42 Å². The van der Waals surface area contributed by atoms with E-state index in [1.165, 1.54) is 0 Å². The van der Waals surface area contributed by atoms with Crippen LogP contribution in [-0.4, -0.2) is 39.0 Å². The van der Waals surface area contributed by atoms with Gasteiger partial charge in [-0.1, -0.05) is 6.92 Å². The SMILES string of the molecule is CCN1CCCC(NS(=O)(=O)c2ccc(N)c(C)c2)C1. The van der Waals surface area contributed by atoms with Crippen LogP contribution in [0.4, 0.5) is 5.69 Å². The molecular formula is C14H23N3O2S. The normalized spacial score (nSPS) is 21.0. The number of benzene rings is 1. The summed E-state index contributed by atoms with van der Waals surface area (Å²) >= 11 is 0. The van der Waals surface area contributed by atoms with Crippen LogP contribution >= 0.6 is 0 Å². The van der Waals surface area contributed by atoms with E-state index in [0.29, 0.717) is 5.69 Å². The summed E-state index contributed by atoms with van der Waals surface area (Å²) in [5.41, 5.74) is 7.12. The maximum Gasteiger partial charge on any atom is 0.240 e. The van der Waals surface area contributed by atoms with Gasteiger partial charge in [0.2, 0.25) is 10.0 Å². The quantitative estimate of drug-likeness (QED) is 0.822. The van der Waals surface area contributed by atoms with Gasteiger partial charge in [0.25, 0.3) is 0 Å². The average molecular weight is 297 g/mol. The summed E-state index contributed by atoms with van der Waals surface area (Å²) in [4.78, 5) is 2.56. The van der Waals surface area contributed by atoms with Gasteiger partial charge in [0.15, 0.2) is 0 Å². The number of rotatable bonds is 4. The molecule has 112 valence electrons. The van der Waals surface area contributed by atoms with Crippen molar-refractivity contribution in [2.45, 2.75) is 37.6 Å². The van der Waals surface area contributed by atoms with Gasteiger partial charge in [-0.25, -0.2) is 13.1 Å². The molecule has 3 N–H and O–H groups in total. The molecule has 6 heteroatoms. The standard InChI is InChI=1S/C14H23N3O2S/c1-3-17-8-4-5-12(10-17)16-20(18,19)13-6-7-14(15)11(2)9-13/h6-7,9,12,16H,3-5,8,10,15H2,1-2H3. The number of hydrogen-bond acceptors (Lipinski definition) is 4. The molecule has 1 atom stereocenters. The molecule has 0 spiro atoms. The molecule has 0 radical (unpaired) electrons. The molecule has 0 bridgehead atoms. The number of nitrogens with one attached hydrogen (secondary N) is 1. The zero-order valence-corrected chi connectivity index (χ0v) is 12.9. The van der Waals surface area contributed by atoms with E-state index in [1.54, 1.807) is 18.2 Å². The smallest absolute Gasteiger partial charge is 0.240 e. The Kier molecular flexibility index (Phi) is 4.67. The van der Waals surface area contributed by atoms with Crippen molar-refractivity contribution in [3.8, 4) is 0 Å². The highest BCUT2D eigenvalue weighted by Gasteiger charge is 2.24. The molecule has 1 aliphatic rings. The van der Waals surface area contributed by atoms with Crippen LogP contribution in [0.1, 0.15) is 25.3 Å². The fourth-order valence-electron chi connectivity index (χ4n) is 2.54. The molecular weight excluding hydrogens is 274 g/mol. The van der Waals surface area contributed by atoms with E-state index in [9.17, 15) is 8.42 Å². The highest BCUT2D eigenvalue weighted by atomic mass is 32.2. The molecule has 0 amide bonds. The zero-order chi connectivity index (χ0) is 14.8. The molecule has 0 aliphatic carbocycles. The van der Waals surface area contributed by atoms with E-state index in [2.05, 4.69) is 16.5 Å². The maximum absolute atomic E-state index is 12.4. The lowest BCUT2D eigenvalue weighted by molar-refractivity contribution is 0.211. The predicted molar refractivity (Wildman–Crippen MR) is 81.0 cm³/mol. The van der Waals surface area contributed by atoms with Crippen LogP contribution in [-0.2, 0) is 10.0 Å². The maximum atomic E-state index is 12.4. The van der Waals surface area contributed by atoms with Gasteiger partial charge in [-0.05, 0) is 56.6 Å². The number of anilines is 1. The molecule has 0 aromatic heterocycles. The summed E-state index contributed by atoms with van der Waals surface area (Å²) in [6.45, 7) is 6.70. The molecule has 5 nitrogen and oxygen atoms in total. The first-order valence-electron chi connectivity index (χ1n) is 7.03. The van der Waals surface area contributed by atoms with Gasteiger partial charge in [0, 0.05) is 18.3 Å². The van der Waals surface area contributed by atoms with Crippen LogP contribution in [0.15, 0.2) is 23.1 Å². The van der Waals surface area contributed by atoms with Crippen LogP contribution < -0.4 is 10.5 Å². The third-order valence-electron chi connectivity index (χ3n) is 3.83. The number of likely N-dealkylation sites (tertiary alicyclic amines) is 1.